The van der Waals surface area contributed by atoms with Gasteiger partial charge in [-0.2, -0.15) is 5.10 Å². The van der Waals surface area contributed by atoms with Crippen LogP contribution in [0.1, 0.15) is 49.6 Å². The van der Waals surface area contributed by atoms with Crippen LogP contribution >= 0.6 is 0 Å². The molecule has 0 radical (unpaired) electrons. The van der Waals surface area contributed by atoms with Crippen LogP contribution in [-0.2, 0) is 0 Å². The van der Waals surface area contributed by atoms with Crippen molar-refractivity contribution < 1.29 is 4.79 Å². The summed E-state index contributed by atoms with van der Waals surface area (Å²) in [6, 6.07) is 0. The lowest BCUT2D eigenvalue weighted by atomic mass is 9.80. The molecule has 0 atom stereocenters. The van der Waals surface area contributed by atoms with Gasteiger partial charge in [-0.3, -0.25) is 9.89 Å². The lowest BCUT2D eigenvalue weighted by Gasteiger charge is -2.25. The molecule has 1 aliphatic rings. The van der Waals surface area contributed by atoms with Gasteiger partial charge >= 0.3 is 0 Å². The van der Waals surface area contributed by atoms with Crippen LogP contribution in [0.4, 0.5) is 0 Å². The number of carbonyl (C=O) groups is 1. The normalized spacial score (nSPS) is 26.5. The molecule has 0 unspecified atom stereocenters. The van der Waals surface area contributed by atoms with Gasteiger partial charge in [0.15, 0.2) is 11.6 Å². The van der Waals surface area contributed by atoms with Crippen molar-refractivity contribution in [3.8, 4) is 0 Å². The van der Waals surface area contributed by atoms with Crippen LogP contribution in [0.2, 0.25) is 0 Å². The molecule has 15 heavy (non-hydrogen) atoms. The van der Waals surface area contributed by atoms with Gasteiger partial charge in [-0.15, -0.1) is 0 Å². The number of H-pyrrole nitrogens is 1. The van der Waals surface area contributed by atoms with E-state index >= 15 is 0 Å². The van der Waals surface area contributed by atoms with Gasteiger partial charge in [-0.1, -0.05) is 19.8 Å². The largest absolute Gasteiger partial charge is 0.291 e. The molecule has 4 heteroatoms. The molecular weight excluding hydrogens is 190 g/mol. The Bertz CT molecular complexity index is 313. The molecule has 1 N–H and O–H groups in total. The molecule has 1 aromatic heterocycles. The lowest BCUT2D eigenvalue weighted by Crippen LogP contribution is -2.16. The molecule has 4 nitrogen and oxygen atoms in total. The fourth-order valence-electron chi connectivity index (χ4n) is 2.23. The minimum Gasteiger partial charge on any atom is -0.291 e. The number of ketones is 1. The van der Waals surface area contributed by atoms with Crippen LogP contribution < -0.4 is 0 Å². The summed E-state index contributed by atoms with van der Waals surface area (Å²) in [5.74, 6) is 1.90. The molecule has 0 amide bonds. The van der Waals surface area contributed by atoms with E-state index in [0.29, 0.717) is 18.2 Å². The minimum atomic E-state index is 0.104. The van der Waals surface area contributed by atoms with Crippen LogP contribution in [0.5, 0.6) is 0 Å². The van der Waals surface area contributed by atoms with E-state index in [2.05, 4.69) is 22.1 Å². The summed E-state index contributed by atoms with van der Waals surface area (Å²) < 4.78 is 0. The number of carbonyl (C=O) groups excluding carboxylic acids is 1. The van der Waals surface area contributed by atoms with Crippen molar-refractivity contribution >= 4 is 5.78 Å². The zero-order valence-corrected chi connectivity index (χ0v) is 9.07. The average Bonchev–Trinajstić information content (AvgIpc) is 2.74. The highest BCUT2D eigenvalue weighted by molar-refractivity contribution is 5.92. The van der Waals surface area contributed by atoms with Crippen LogP contribution in [-0.4, -0.2) is 21.0 Å². The second kappa shape index (κ2) is 4.55. The zero-order chi connectivity index (χ0) is 10.7. The number of nitrogens with one attached hydrogen (secondary N) is 1. The standard InChI is InChI=1S/C11H17N3O/c1-8-2-4-9(5-3-8)6-10(15)11-12-7-13-14-11/h7-9H,2-6H2,1H3,(H,12,13,14). The first-order valence-corrected chi connectivity index (χ1v) is 5.64. The summed E-state index contributed by atoms with van der Waals surface area (Å²) in [6.07, 6.45) is 6.89. The van der Waals surface area contributed by atoms with E-state index in [1.54, 1.807) is 0 Å². The third-order valence-electron chi connectivity index (χ3n) is 3.29. The van der Waals surface area contributed by atoms with E-state index in [1.807, 2.05) is 0 Å². The quantitative estimate of drug-likeness (QED) is 0.773. The Morgan fingerprint density at radius 1 is 1.47 bits per heavy atom. The molecule has 1 fully saturated rings. The third-order valence-corrected chi connectivity index (χ3v) is 3.29. The number of hydrogen-bond acceptors (Lipinski definition) is 3. The average molecular weight is 207 g/mol. The summed E-state index contributed by atoms with van der Waals surface area (Å²) in [4.78, 5) is 15.6. The first-order chi connectivity index (χ1) is 7.25. The van der Waals surface area contributed by atoms with E-state index < -0.39 is 0 Å². The third kappa shape index (κ3) is 2.64. The van der Waals surface area contributed by atoms with Gasteiger partial charge in [-0.25, -0.2) is 4.98 Å². The highest BCUT2D eigenvalue weighted by Gasteiger charge is 2.22. The molecule has 0 spiro atoms. The molecule has 0 bridgehead atoms. The van der Waals surface area contributed by atoms with Crippen molar-refractivity contribution in [3.63, 3.8) is 0 Å². The van der Waals surface area contributed by atoms with Gasteiger partial charge in [0, 0.05) is 6.42 Å². The molecule has 0 aromatic carbocycles. The van der Waals surface area contributed by atoms with Crippen LogP contribution in [0.15, 0.2) is 6.33 Å². The van der Waals surface area contributed by atoms with E-state index in [-0.39, 0.29) is 5.78 Å². The van der Waals surface area contributed by atoms with Crippen molar-refractivity contribution in [2.75, 3.05) is 0 Å². The fourth-order valence-corrected chi connectivity index (χ4v) is 2.23. The van der Waals surface area contributed by atoms with E-state index in [1.165, 1.54) is 32.0 Å². The SMILES string of the molecule is CC1CCC(CC(=O)c2ncn[nH]2)CC1. The van der Waals surface area contributed by atoms with Crippen LogP contribution in [0.3, 0.4) is 0 Å². The summed E-state index contributed by atoms with van der Waals surface area (Å²) in [7, 11) is 0. The van der Waals surface area contributed by atoms with Crippen molar-refractivity contribution in [2.45, 2.75) is 39.0 Å². The molecule has 1 heterocycles. The Hall–Kier alpha value is -1.19. The monoisotopic (exact) mass is 207 g/mol. The second-order valence-electron chi connectivity index (χ2n) is 4.59. The van der Waals surface area contributed by atoms with E-state index in [0.717, 1.165) is 5.92 Å². The van der Waals surface area contributed by atoms with Crippen LogP contribution in [0.25, 0.3) is 0 Å². The summed E-state index contributed by atoms with van der Waals surface area (Å²) >= 11 is 0. The molecule has 2 rings (SSSR count). The van der Waals surface area contributed by atoms with E-state index in [9.17, 15) is 4.79 Å². The highest BCUT2D eigenvalue weighted by atomic mass is 16.1. The molecule has 1 saturated carbocycles. The summed E-state index contributed by atoms with van der Waals surface area (Å²) in [6.45, 7) is 2.29. The smallest absolute Gasteiger partial charge is 0.199 e. The molecule has 0 saturated heterocycles. The maximum absolute atomic E-state index is 11.7. The molecule has 1 aromatic rings. The summed E-state index contributed by atoms with van der Waals surface area (Å²) in [5, 5.41) is 6.32. The Labute approximate surface area is 89.5 Å². The van der Waals surface area contributed by atoms with Crippen LogP contribution in [0, 0.1) is 11.8 Å². The number of aromatic amines is 1. The minimum absolute atomic E-state index is 0.104. The topological polar surface area (TPSA) is 58.6 Å². The Morgan fingerprint density at radius 3 is 2.80 bits per heavy atom. The Morgan fingerprint density at radius 2 is 2.20 bits per heavy atom. The molecule has 1 aliphatic carbocycles. The Kier molecular flexibility index (Phi) is 3.14. The van der Waals surface area contributed by atoms with Crippen molar-refractivity contribution in [1.29, 1.82) is 0 Å². The number of rotatable bonds is 3. The van der Waals surface area contributed by atoms with Gasteiger partial charge in [0.1, 0.15) is 6.33 Å². The maximum Gasteiger partial charge on any atom is 0.199 e. The lowest BCUT2D eigenvalue weighted by molar-refractivity contribution is 0.0934. The molecule has 0 aliphatic heterocycles. The summed E-state index contributed by atoms with van der Waals surface area (Å²) in [5.41, 5.74) is 0. The first-order valence-electron chi connectivity index (χ1n) is 5.64. The van der Waals surface area contributed by atoms with Crippen molar-refractivity contribution in [1.82, 2.24) is 15.2 Å². The van der Waals surface area contributed by atoms with Gasteiger partial charge < -0.3 is 0 Å². The number of Topliss-reactive ketones (excluding diaryl/α,β-unsaturated/α-hetero) is 1. The molecular formula is C11H17N3O. The predicted octanol–water partition coefficient (Wildman–Crippen LogP) is 2.20. The first kappa shape index (κ1) is 10.3. The number of aromatic nitrogens is 3. The number of nitrogens with zero attached hydrogens (tertiary/aromatic N) is 2. The number of hydrogen-bond donors (Lipinski definition) is 1. The van der Waals surface area contributed by atoms with Gasteiger partial charge in [-0.05, 0) is 24.7 Å². The fraction of sp³-hybridized carbons (Fsp3) is 0.727. The predicted molar refractivity (Wildman–Crippen MR) is 56.5 cm³/mol. The zero-order valence-electron chi connectivity index (χ0n) is 9.07. The van der Waals surface area contributed by atoms with Crippen molar-refractivity contribution in [2.24, 2.45) is 11.8 Å². The van der Waals surface area contributed by atoms with Gasteiger partial charge in [0.25, 0.3) is 0 Å². The van der Waals surface area contributed by atoms with Gasteiger partial charge in [0.2, 0.25) is 0 Å². The maximum atomic E-state index is 11.7. The van der Waals surface area contributed by atoms with Crippen molar-refractivity contribution in [3.05, 3.63) is 12.2 Å². The van der Waals surface area contributed by atoms with E-state index in [4.69, 9.17) is 0 Å². The van der Waals surface area contributed by atoms with Gasteiger partial charge in [0.05, 0.1) is 0 Å². The Balaban J connectivity index is 1.85. The highest BCUT2D eigenvalue weighted by Crippen LogP contribution is 2.30. The molecule has 82 valence electrons. The second-order valence-corrected chi connectivity index (χ2v) is 4.59.